The Balaban J connectivity index is 0.000000531. The van der Waals surface area contributed by atoms with Gasteiger partial charge in [0.1, 0.15) is 0 Å². The number of aryl methyl sites for hydroxylation is 1. The second-order valence-electron chi connectivity index (χ2n) is 2.91. The average Bonchev–Trinajstić information content (AvgIpc) is 2.64. The zero-order chi connectivity index (χ0) is 11.3. The van der Waals surface area contributed by atoms with Crippen LogP contribution in [0.1, 0.15) is 11.4 Å². The first kappa shape index (κ1) is 12.8. The first-order valence-corrected chi connectivity index (χ1v) is 13.5. The molecule has 0 bridgehead atoms. The fourth-order valence-electron chi connectivity index (χ4n) is 1.15. The van der Waals surface area contributed by atoms with Crippen molar-refractivity contribution in [3.8, 4) is 5.82 Å². The van der Waals surface area contributed by atoms with E-state index in [9.17, 15) is 0 Å². The molecule has 0 aliphatic heterocycles. The standard InChI is InChI=1S/C10H10N3.HI.Zn/c1-8-9(2)13(7-12-8)10-5-3-4-6-11-10;;/h3-6H,1-2H3;1H;/q-1;;+2/p-1. The summed E-state index contributed by atoms with van der Waals surface area (Å²) in [7, 11) is 0. The predicted octanol–water partition coefficient (Wildman–Crippen LogP) is 2.57. The molecule has 0 aromatic carbocycles. The zero-order valence-electron chi connectivity index (χ0n) is 8.74. The molecule has 0 N–H and O–H groups in total. The molecule has 2 heterocycles. The van der Waals surface area contributed by atoms with Gasteiger partial charge in [0.15, 0.2) is 0 Å². The van der Waals surface area contributed by atoms with Gasteiger partial charge in [-0.1, -0.05) is 37.4 Å². The van der Waals surface area contributed by atoms with Gasteiger partial charge < -0.3 is 9.55 Å². The second kappa shape index (κ2) is 6.33. The van der Waals surface area contributed by atoms with Crippen LogP contribution in [0, 0.1) is 20.2 Å². The van der Waals surface area contributed by atoms with E-state index >= 15 is 0 Å². The van der Waals surface area contributed by atoms with Crippen LogP contribution >= 0.6 is 19.8 Å². The van der Waals surface area contributed by atoms with Crippen molar-refractivity contribution in [1.29, 1.82) is 0 Å². The summed E-state index contributed by atoms with van der Waals surface area (Å²) in [5.74, 6) is 0.862. The van der Waals surface area contributed by atoms with Crippen molar-refractivity contribution in [2.45, 2.75) is 13.8 Å². The summed E-state index contributed by atoms with van der Waals surface area (Å²) >= 11 is 3.62. The summed E-state index contributed by atoms with van der Waals surface area (Å²) in [5.41, 5.74) is 2.07. The van der Waals surface area contributed by atoms with Gasteiger partial charge >= 0.3 is 34.5 Å². The number of hydrogen-bond acceptors (Lipinski definition) is 2. The molecule has 2 aromatic heterocycles. The van der Waals surface area contributed by atoms with Crippen LogP contribution < -0.4 is 0 Å². The molecule has 0 amide bonds. The number of hydrogen-bond donors (Lipinski definition) is 0. The molecule has 0 saturated heterocycles. The van der Waals surface area contributed by atoms with Crippen molar-refractivity contribution >= 4 is 19.8 Å². The van der Waals surface area contributed by atoms with Gasteiger partial charge in [0.25, 0.3) is 0 Å². The van der Waals surface area contributed by atoms with Gasteiger partial charge in [-0.25, -0.2) is 0 Å². The van der Waals surface area contributed by atoms with Crippen LogP contribution in [0.5, 0.6) is 0 Å². The van der Waals surface area contributed by atoms with E-state index < -0.39 is 0 Å². The molecule has 0 fully saturated rings. The Morgan fingerprint density at radius 2 is 2.07 bits per heavy atom. The van der Waals surface area contributed by atoms with E-state index in [4.69, 9.17) is 0 Å². The number of nitrogens with zero attached hydrogens (tertiary/aromatic N) is 3. The first-order chi connectivity index (χ1) is 7.29. The monoisotopic (exact) mass is 363 g/mol. The van der Waals surface area contributed by atoms with Crippen LogP contribution in [0.4, 0.5) is 0 Å². The summed E-state index contributed by atoms with van der Waals surface area (Å²) in [6, 6.07) is 5.78. The van der Waals surface area contributed by atoms with E-state index in [1.807, 2.05) is 36.6 Å². The number of rotatable bonds is 1. The molecule has 0 radical (unpaired) electrons. The number of pyridine rings is 1. The predicted molar refractivity (Wildman–Crippen MR) is 63.7 cm³/mol. The topological polar surface area (TPSA) is 30.7 Å². The Morgan fingerprint density at radius 1 is 1.33 bits per heavy atom. The average molecular weight is 365 g/mol. The maximum atomic E-state index is 4.21. The molecule has 15 heavy (non-hydrogen) atoms. The molecule has 74 valence electrons. The van der Waals surface area contributed by atoms with Crippen molar-refractivity contribution in [3.63, 3.8) is 0 Å². The van der Waals surface area contributed by atoms with E-state index in [0.29, 0.717) is 0 Å². The van der Waals surface area contributed by atoms with Crippen LogP contribution in [0.2, 0.25) is 0 Å². The molecule has 2 aromatic rings. The molecule has 0 atom stereocenters. The molecule has 0 saturated carbocycles. The van der Waals surface area contributed by atoms with Gasteiger partial charge in [0.05, 0.1) is 5.82 Å². The minimum absolute atomic E-state index is 0.862. The molecule has 0 spiro atoms. The molecule has 0 unspecified atom stereocenters. The van der Waals surface area contributed by atoms with Crippen LogP contribution in [-0.4, -0.2) is 14.5 Å². The third-order valence-corrected chi connectivity index (χ3v) is 2.06. The Morgan fingerprint density at radius 3 is 2.53 bits per heavy atom. The van der Waals surface area contributed by atoms with Crippen LogP contribution in [0.3, 0.4) is 0 Å². The summed E-state index contributed by atoms with van der Waals surface area (Å²) in [5, 5.41) is 0. The second-order valence-corrected chi connectivity index (χ2v) is 2.91. The van der Waals surface area contributed by atoms with Gasteiger partial charge in [0, 0.05) is 12.5 Å². The molecule has 5 heteroatoms. The summed E-state index contributed by atoms with van der Waals surface area (Å²) in [6.45, 7) is 3.97. The van der Waals surface area contributed by atoms with Crippen LogP contribution in [0.25, 0.3) is 5.82 Å². The molecule has 3 nitrogen and oxygen atoms in total. The first-order valence-electron chi connectivity index (χ1n) is 4.41. The maximum absolute atomic E-state index is 4.21. The number of halogens is 1. The van der Waals surface area contributed by atoms with E-state index in [-0.39, 0.29) is 0 Å². The van der Waals surface area contributed by atoms with Gasteiger partial charge in [-0.3, -0.25) is 4.98 Å². The minimum atomic E-state index is 0.862. The van der Waals surface area contributed by atoms with E-state index in [1.54, 1.807) is 6.20 Å². The third kappa shape index (κ3) is 3.08. The SMILES string of the molecule is Cc1n[c-]n(-c2ccccn2)c1C.[Zn+][I]. The van der Waals surface area contributed by atoms with Crippen molar-refractivity contribution < 1.29 is 14.8 Å². The Kier molecular flexibility index (Phi) is 5.39. The number of imidazole rings is 1. The molecule has 0 aliphatic rings. The summed E-state index contributed by atoms with van der Waals surface area (Å²) < 4.78 is 1.86. The molecule has 2 rings (SSSR count). The Hall–Kier alpha value is -0.287. The van der Waals surface area contributed by atoms with E-state index in [0.717, 1.165) is 17.2 Å². The van der Waals surface area contributed by atoms with Crippen molar-refractivity contribution in [3.05, 3.63) is 42.1 Å². The van der Waals surface area contributed by atoms with Crippen LogP contribution in [0.15, 0.2) is 24.4 Å². The van der Waals surface area contributed by atoms with Gasteiger partial charge in [0.2, 0.25) is 0 Å². The van der Waals surface area contributed by atoms with Crippen molar-refractivity contribution in [1.82, 2.24) is 14.5 Å². The summed E-state index contributed by atoms with van der Waals surface area (Å²) in [6.07, 6.45) is 4.66. The van der Waals surface area contributed by atoms with Gasteiger partial charge in [-0.2, -0.15) is 0 Å². The Labute approximate surface area is 110 Å². The van der Waals surface area contributed by atoms with Gasteiger partial charge in [-0.15, -0.1) is 0 Å². The van der Waals surface area contributed by atoms with E-state index in [1.165, 1.54) is 14.8 Å². The quantitative estimate of drug-likeness (QED) is 0.442. The third-order valence-electron chi connectivity index (χ3n) is 2.06. The van der Waals surface area contributed by atoms with Crippen LogP contribution in [-0.2, 0) is 14.8 Å². The fourth-order valence-corrected chi connectivity index (χ4v) is 1.15. The molecular formula is C10H10IN3Zn. The zero-order valence-corrected chi connectivity index (χ0v) is 13.9. The normalized spacial score (nSPS) is 9.40. The number of aromatic nitrogens is 3. The summed E-state index contributed by atoms with van der Waals surface area (Å²) in [4.78, 5) is 8.31. The Bertz CT molecular complexity index is 414. The van der Waals surface area contributed by atoms with Crippen molar-refractivity contribution in [2.24, 2.45) is 0 Å². The fraction of sp³-hybridized carbons (Fsp3) is 0.200. The van der Waals surface area contributed by atoms with E-state index in [2.05, 4.69) is 36.0 Å². The van der Waals surface area contributed by atoms with Crippen molar-refractivity contribution in [2.75, 3.05) is 0 Å². The van der Waals surface area contributed by atoms with Gasteiger partial charge in [-0.05, 0) is 6.07 Å². The molecule has 0 aliphatic carbocycles. The molecular weight excluding hydrogens is 354 g/mol.